The maximum absolute atomic E-state index is 12.1. The van der Waals surface area contributed by atoms with Crippen LogP contribution in [0.2, 0.25) is 0 Å². The molecule has 4 rings (SSSR count). The molecule has 0 atom stereocenters. The minimum atomic E-state index is -3.64. The maximum Gasteiger partial charge on any atom is 0.249 e. The van der Waals surface area contributed by atoms with E-state index in [1.54, 1.807) is 31.4 Å². The summed E-state index contributed by atoms with van der Waals surface area (Å²) in [5.41, 5.74) is 8.39. The molecule has 8 nitrogen and oxygen atoms in total. The number of ether oxygens (including phenoxy) is 1. The first-order valence-corrected chi connectivity index (χ1v) is 10.2. The van der Waals surface area contributed by atoms with Crippen LogP contribution in [0.1, 0.15) is 0 Å². The molecule has 2 heterocycles. The predicted octanol–water partition coefficient (Wildman–Crippen LogP) is 2.48. The minimum Gasteiger partial charge on any atom is -0.497 e. The Hall–Kier alpha value is -3.46. The lowest BCUT2D eigenvalue weighted by Gasteiger charge is -2.07. The Morgan fingerprint density at radius 3 is 2.29 bits per heavy atom. The smallest absolute Gasteiger partial charge is 0.249 e. The molecule has 0 aliphatic rings. The van der Waals surface area contributed by atoms with Crippen LogP contribution in [0.15, 0.2) is 59.8 Å². The van der Waals surface area contributed by atoms with Gasteiger partial charge in [0.1, 0.15) is 11.6 Å². The van der Waals surface area contributed by atoms with Crippen LogP contribution in [0.3, 0.4) is 0 Å². The standard InChI is InChI=1S/C19H17N5O3S/c1-27-14-10-8-12(9-11-14)16-15-17(20)24(13-6-4-3-5-7-13)23-18(15)22-19(21-16)28(2,25)26/h3-11H,20H2,1-2H3. The second kappa shape index (κ2) is 6.61. The van der Waals surface area contributed by atoms with Crippen molar-refractivity contribution < 1.29 is 13.2 Å². The molecule has 0 fully saturated rings. The van der Waals surface area contributed by atoms with Gasteiger partial charge in [-0.1, -0.05) is 18.2 Å². The highest BCUT2D eigenvalue weighted by molar-refractivity contribution is 7.90. The van der Waals surface area contributed by atoms with Gasteiger partial charge in [0.15, 0.2) is 5.65 Å². The fourth-order valence-electron chi connectivity index (χ4n) is 2.88. The highest BCUT2D eigenvalue weighted by Gasteiger charge is 2.22. The van der Waals surface area contributed by atoms with Crippen molar-refractivity contribution in [3.63, 3.8) is 0 Å². The van der Waals surface area contributed by atoms with E-state index in [0.29, 0.717) is 28.2 Å². The number of para-hydroxylation sites is 1. The molecule has 0 radical (unpaired) electrons. The van der Waals surface area contributed by atoms with Crippen LogP contribution in [0.25, 0.3) is 28.0 Å². The SMILES string of the molecule is COc1ccc(-c2nc(S(C)(=O)=O)nc3nn(-c4ccccc4)c(N)c23)cc1. The van der Waals surface area contributed by atoms with Gasteiger partial charge in [-0.3, -0.25) is 0 Å². The first-order chi connectivity index (χ1) is 13.4. The summed E-state index contributed by atoms with van der Waals surface area (Å²) in [4.78, 5) is 8.43. The fourth-order valence-corrected chi connectivity index (χ4v) is 3.39. The number of aromatic nitrogens is 4. The number of nitrogens with zero attached hydrogens (tertiary/aromatic N) is 4. The molecule has 0 saturated carbocycles. The van der Waals surface area contributed by atoms with Crippen LogP contribution in [0.4, 0.5) is 5.82 Å². The number of nitrogens with two attached hydrogens (primary N) is 1. The van der Waals surface area contributed by atoms with Crippen molar-refractivity contribution in [3.05, 3.63) is 54.6 Å². The Morgan fingerprint density at radius 1 is 1.00 bits per heavy atom. The Balaban J connectivity index is 2.04. The first kappa shape index (κ1) is 17.9. The number of hydrogen-bond donors (Lipinski definition) is 1. The van der Waals surface area contributed by atoms with Gasteiger partial charge in [-0.25, -0.2) is 18.1 Å². The molecule has 2 N–H and O–H groups in total. The number of hydrogen-bond acceptors (Lipinski definition) is 7. The lowest BCUT2D eigenvalue weighted by atomic mass is 10.1. The summed E-state index contributed by atoms with van der Waals surface area (Å²) < 4.78 is 30.9. The molecule has 142 valence electrons. The lowest BCUT2D eigenvalue weighted by Crippen LogP contribution is -2.05. The van der Waals surface area contributed by atoms with Gasteiger partial charge in [0.2, 0.25) is 15.0 Å². The lowest BCUT2D eigenvalue weighted by molar-refractivity contribution is 0.415. The molecule has 0 spiro atoms. The van der Waals surface area contributed by atoms with E-state index in [4.69, 9.17) is 10.5 Å². The molecule has 28 heavy (non-hydrogen) atoms. The molecule has 2 aromatic heterocycles. The second-order valence-corrected chi connectivity index (χ2v) is 8.10. The Labute approximate surface area is 161 Å². The quantitative estimate of drug-likeness (QED) is 0.528. The van der Waals surface area contributed by atoms with E-state index in [2.05, 4.69) is 15.1 Å². The second-order valence-electron chi connectivity index (χ2n) is 6.19. The molecule has 0 aliphatic heterocycles. The van der Waals surface area contributed by atoms with E-state index in [1.807, 2.05) is 30.3 Å². The first-order valence-electron chi connectivity index (χ1n) is 8.34. The fraction of sp³-hybridized carbons (Fsp3) is 0.105. The van der Waals surface area contributed by atoms with Gasteiger partial charge in [-0.15, -0.1) is 5.10 Å². The van der Waals surface area contributed by atoms with Gasteiger partial charge < -0.3 is 10.5 Å². The number of rotatable bonds is 4. The van der Waals surface area contributed by atoms with Crippen LogP contribution in [0.5, 0.6) is 5.75 Å². The number of methoxy groups -OCH3 is 1. The summed E-state index contributed by atoms with van der Waals surface area (Å²) in [6, 6.07) is 16.4. The van der Waals surface area contributed by atoms with Crippen LogP contribution in [-0.2, 0) is 9.84 Å². The molecule has 0 unspecified atom stereocenters. The highest BCUT2D eigenvalue weighted by atomic mass is 32.2. The van der Waals surface area contributed by atoms with Crippen molar-refractivity contribution in [3.8, 4) is 22.7 Å². The third kappa shape index (κ3) is 3.05. The van der Waals surface area contributed by atoms with Gasteiger partial charge in [0.25, 0.3) is 0 Å². The van der Waals surface area contributed by atoms with Crippen molar-refractivity contribution in [1.82, 2.24) is 19.7 Å². The molecule has 2 aromatic carbocycles. The summed E-state index contributed by atoms with van der Waals surface area (Å²) in [6.07, 6.45) is 1.06. The van der Waals surface area contributed by atoms with Gasteiger partial charge in [-0.05, 0) is 36.4 Å². The Bertz CT molecular complexity index is 1270. The third-order valence-corrected chi connectivity index (χ3v) is 5.09. The van der Waals surface area contributed by atoms with E-state index in [0.717, 1.165) is 11.9 Å². The third-order valence-electron chi connectivity index (χ3n) is 4.24. The molecule has 9 heteroatoms. The zero-order valence-electron chi connectivity index (χ0n) is 15.2. The number of nitrogen functional groups attached to an aromatic ring is 1. The predicted molar refractivity (Wildman–Crippen MR) is 106 cm³/mol. The molecular formula is C19H17N5O3S. The van der Waals surface area contributed by atoms with Crippen LogP contribution in [0, 0.1) is 0 Å². The minimum absolute atomic E-state index is 0.211. The average Bonchev–Trinajstić information content (AvgIpc) is 3.04. The topological polar surface area (TPSA) is 113 Å². The van der Waals surface area contributed by atoms with Crippen LogP contribution < -0.4 is 10.5 Å². The number of fused-ring (bicyclic) bond motifs is 1. The van der Waals surface area contributed by atoms with E-state index in [9.17, 15) is 8.42 Å². The Kier molecular flexibility index (Phi) is 4.23. The molecule has 0 aliphatic carbocycles. The van der Waals surface area contributed by atoms with E-state index < -0.39 is 9.84 Å². The average molecular weight is 395 g/mol. The number of benzene rings is 2. The largest absolute Gasteiger partial charge is 0.497 e. The van der Waals surface area contributed by atoms with Crippen LogP contribution >= 0.6 is 0 Å². The molecular weight excluding hydrogens is 378 g/mol. The number of anilines is 1. The van der Waals surface area contributed by atoms with Crippen molar-refractivity contribution in [2.75, 3.05) is 19.1 Å². The Morgan fingerprint density at radius 2 is 1.68 bits per heavy atom. The van der Waals surface area contributed by atoms with Crippen molar-refractivity contribution in [1.29, 1.82) is 0 Å². The van der Waals surface area contributed by atoms with Crippen molar-refractivity contribution >= 4 is 26.7 Å². The summed E-state index contributed by atoms with van der Waals surface area (Å²) >= 11 is 0. The molecule has 0 bridgehead atoms. The summed E-state index contributed by atoms with van der Waals surface area (Å²) in [5.74, 6) is 0.998. The number of sulfone groups is 1. The van der Waals surface area contributed by atoms with Gasteiger partial charge in [0, 0.05) is 11.8 Å². The highest BCUT2D eigenvalue weighted by Crippen LogP contribution is 2.33. The van der Waals surface area contributed by atoms with E-state index in [-0.39, 0.29) is 10.8 Å². The van der Waals surface area contributed by atoms with Crippen molar-refractivity contribution in [2.24, 2.45) is 0 Å². The van der Waals surface area contributed by atoms with Gasteiger partial charge in [0.05, 0.1) is 23.9 Å². The zero-order valence-corrected chi connectivity index (χ0v) is 16.0. The van der Waals surface area contributed by atoms with Crippen LogP contribution in [-0.4, -0.2) is 41.5 Å². The summed E-state index contributed by atoms with van der Waals surface area (Å²) in [6.45, 7) is 0. The maximum atomic E-state index is 12.1. The molecule has 0 saturated heterocycles. The van der Waals surface area contributed by atoms with Gasteiger partial charge >= 0.3 is 0 Å². The normalized spacial score (nSPS) is 11.6. The monoisotopic (exact) mass is 395 g/mol. The van der Waals surface area contributed by atoms with Crippen molar-refractivity contribution in [2.45, 2.75) is 5.16 Å². The van der Waals surface area contributed by atoms with E-state index >= 15 is 0 Å². The zero-order chi connectivity index (χ0) is 19.9. The summed E-state index contributed by atoms with van der Waals surface area (Å²) in [7, 11) is -2.07. The molecule has 4 aromatic rings. The van der Waals surface area contributed by atoms with Gasteiger partial charge in [-0.2, -0.15) is 4.98 Å². The van der Waals surface area contributed by atoms with E-state index in [1.165, 1.54) is 4.68 Å². The summed E-state index contributed by atoms with van der Waals surface area (Å²) in [5, 5.41) is 4.61. The molecule has 0 amide bonds.